The van der Waals surface area contributed by atoms with Gasteiger partial charge in [0.15, 0.2) is 5.82 Å². The van der Waals surface area contributed by atoms with Crippen LogP contribution in [0.1, 0.15) is 103 Å². The van der Waals surface area contributed by atoms with Crippen LogP contribution in [0.15, 0.2) is 71.9 Å². The molecule has 2 N–H and O–H groups in total. The Morgan fingerprint density at radius 2 is 1.65 bits per heavy atom. The maximum atomic E-state index is 16.1. The van der Waals surface area contributed by atoms with Crippen LogP contribution in [0.5, 0.6) is 0 Å². The molecule has 7 heterocycles. The molecule has 15 heteroatoms. The van der Waals surface area contributed by atoms with E-state index < -0.39 is 29.0 Å². The van der Waals surface area contributed by atoms with Crippen molar-refractivity contribution < 1.29 is 23.1 Å². The number of rotatable bonds is 7. The van der Waals surface area contributed by atoms with Gasteiger partial charge in [0, 0.05) is 55.0 Å². The quantitative estimate of drug-likeness (QED) is 0.178. The third kappa shape index (κ3) is 5.70. The molecule has 5 atom stereocenters. The first-order chi connectivity index (χ1) is 30.1. The zero-order valence-corrected chi connectivity index (χ0v) is 36.2. The van der Waals surface area contributed by atoms with Crippen LogP contribution >= 0.6 is 0 Å². The van der Waals surface area contributed by atoms with E-state index in [-0.39, 0.29) is 46.3 Å². The van der Waals surface area contributed by atoms with Crippen molar-refractivity contribution in [3.63, 3.8) is 0 Å². The molecule has 0 radical (unpaired) electrons. The number of fused-ring (bicyclic) bond motifs is 6. The third-order valence-corrected chi connectivity index (χ3v) is 14.6. The SMILES string of the molecule is Cc1cc(-n2nc3c(c2-n2ccn(-c4ccc5c(cnn5C)c4F)c2=O)[C@@H]2CC[C@H](C3)N2C(=O)c2cc3cc([C@H]4CCOC(C)(C)C4)ccc3n2[C@@]2(C(N)=O)C[C@@H]2C)cc(C)c1F. The molecule has 1 aliphatic carbocycles. The Morgan fingerprint density at radius 1 is 0.921 bits per heavy atom. The maximum Gasteiger partial charge on any atom is 0.338 e. The molecule has 1 saturated carbocycles. The number of carbonyl (C=O) groups is 2. The standard InChI is InChI=1S/C48H49F2N9O4/c1-25-17-32(18-26(2)41(25)49)59-43(56-15-14-55(46(56)62)38-12-11-36-33(42(38)50)24-52-54(36)6)40-34(53-59)21-31-8-10-37(40)57(31)44(60)39-20-30-19-28(29-13-16-63-47(4,5)23-29)7-9-35(30)58(39)48(45(51)61)22-27(48)3/h7,9,11-12,14-15,17-20,24,27,29,31,37H,8,10,13,16,21-23H2,1-6H3,(H2,51,61)/t27-,29-,31+,37-,48-/m0/s1. The number of aryl methyl sites for hydroxylation is 3. The molecular formula is C48H49F2N9O4. The number of aromatic nitrogens is 7. The molecule has 324 valence electrons. The number of halogens is 2. The predicted octanol–water partition coefficient (Wildman–Crippen LogP) is 7.35. The minimum Gasteiger partial charge on any atom is -0.376 e. The lowest BCUT2D eigenvalue weighted by Crippen LogP contribution is -2.45. The monoisotopic (exact) mass is 853 g/mol. The number of nitrogens with zero attached hydrogens (tertiary/aromatic N) is 8. The van der Waals surface area contributed by atoms with Crippen molar-refractivity contribution in [3.05, 3.63) is 123 Å². The lowest BCUT2D eigenvalue weighted by Gasteiger charge is -2.36. The number of primary amides is 1. The van der Waals surface area contributed by atoms with E-state index in [1.165, 1.54) is 21.5 Å². The molecule has 4 aliphatic rings. The molecule has 13 nitrogen and oxygen atoms in total. The van der Waals surface area contributed by atoms with Crippen LogP contribution < -0.4 is 11.4 Å². The van der Waals surface area contributed by atoms with Gasteiger partial charge >= 0.3 is 5.69 Å². The molecule has 0 unspecified atom stereocenters. The fourth-order valence-electron chi connectivity index (χ4n) is 11.3. The average molecular weight is 854 g/mol. The molecule has 2 bridgehead atoms. The summed E-state index contributed by atoms with van der Waals surface area (Å²) in [7, 11) is 1.72. The predicted molar refractivity (Wildman–Crippen MR) is 233 cm³/mol. The molecule has 4 aromatic heterocycles. The van der Waals surface area contributed by atoms with Crippen LogP contribution in [0.25, 0.3) is 39.0 Å². The van der Waals surface area contributed by atoms with Crippen LogP contribution in [0.4, 0.5) is 8.78 Å². The van der Waals surface area contributed by atoms with Gasteiger partial charge in [-0.3, -0.25) is 23.4 Å². The summed E-state index contributed by atoms with van der Waals surface area (Å²) >= 11 is 0. The molecule has 0 spiro atoms. The smallest absolute Gasteiger partial charge is 0.338 e. The maximum absolute atomic E-state index is 16.1. The summed E-state index contributed by atoms with van der Waals surface area (Å²) in [5, 5.41) is 10.5. The number of hydrogen-bond acceptors (Lipinski definition) is 6. The minimum absolute atomic E-state index is 0.0552. The van der Waals surface area contributed by atoms with E-state index in [4.69, 9.17) is 15.6 Å². The highest BCUT2D eigenvalue weighted by atomic mass is 19.1. The third-order valence-electron chi connectivity index (χ3n) is 14.6. The van der Waals surface area contributed by atoms with Crippen molar-refractivity contribution in [2.24, 2.45) is 18.7 Å². The Bertz CT molecular complexity index is 3150. The summed E-state index contributed by atoms with van der Waals surface area (Å²) in [5.41, 5.74) is 10.1. The van der Waals surface area contributed by atoms with Gasteiger partial charge < -0.3 is 19.9 Å². The highest BCUT2D eigenvalue weighted by Gasteiger charge is 2.60. The molecule has 3 fully saturated rings. The van der Waals surface area contributed by atoms with Gasteiger partial charge in [-0.2, -0.15) is 10.2 Å². The van der Waals surface area contributed by atoms with E-state index in [9.17, 15) is 9.59 Å². The lowest BCUT2D eigenvalue weighted by atomic mass is 9.83. The number of hydrogen-bond donors (Lipinski definition) is 1. The van der Waals surface area contributed by atoms with Gasteiger partial charge in [0.2, 0.25) is 5.91 Å². The number of carbonyl (C=O) groups excluding carboxylic acids is 2. The molecule has 2 saturated heterocycles. The molecular weight excluding hydrogens is 805 g/mol. The molecule has 11 rings (SSSR count). The molecule has 7 aromatic rings. The summed E-state index contributed by atoms with van der Waals surface area (Å²) in [6, 6.07) is 14.1. The highest BCUT2D eigenvalue weighted by molar-refractivity contribution is 6.02. The van der Waals surface area contributed by atoms with Crippen LogP contribution in [0.2, 0.25) is 0 Å². The van der Waals surface area contributed by atoms with Gasteiger partial charge in [-0.25, -0.2) is 18.3 Å². The summed E-state index contributed by atoms with van der Waals surface area (Å²) < 4.78 is 45.1. The zero-order valence-electron chi connectivity index (χ0n) is 36.2. The van der Waals surface area contributed by atoms with Crippen LogP contribution in [0.3, 0.4) is 0 Å². The van der Waals surface area contributed by atoms with Crippen molar-refractivity contribution in [1.29, 1.82) is 0 Å². The molecule has 2 amide bonds. The van der Waals surface area contributed by atoms with E-state index in [0.717, 1.165) is 35.0 Å². The van der Waals surface area contributed by atoms with Gasteiger partial charge in [0.1, 0.15) is 22.9 Å². The second kappa shape index (κ2) is 13.6. The Kier molecular flexibility index (Phi) is 8.51. The van der Waals surface area contributed by atoms with Crippen molar-refractivity contribution in [2.45, 2.75) is 102 Å². The molecule has 3 aliphatic heterocycles. The van der Waals surface area contributed by atoms with E-state index in [2.05, 4.69) is 31.1 Å². The average Bonchev–Trinajstić information content (AvgIpc) is 3.79. The van der Waals surface area contributed by atoms with E-state index >= 15 is 13.6 Å². The van der Waals surface area contributed by atoms with E-state index in [1.54, 1.807) is 60.7 Å². The number of amides is 2. The Labute approximate surface area is 361 Å². The van der Waals surface area contributed by atoms with Crippen molar-refractivity contribution in [2.75, 3.05) is 6.61 Å². The number of nitrogens with two attached hydrogens (primary N) is 1. The van der Waals surface area contributed by atoms with E-state index in [1.807, 2.05) is 28.5 Å². The zero-order chi connectivity index (χ0) is 44.0. The first-order valence-corrected chi connectivity index (χ1v) is 21.8. The lowest BCUT2D eigenvalue weighted by molar-refractivity contribution is -0.122. The van der Waals surface area contributed by atoms with Gasteiger partial charge in [-0.15, -0.1) is 0 Å². The number of ether oxygens (including phenoxy) is 1. The van der Waals surface area contributed by atoms with Gasteiger partial charge in [-0.1, -0.05) is 13.0 Å². The topological polar surface area (TPSA) is 140 Å². The second-order valence-corrected chi connectivity index (χ2v) is 18.9. The highest BCUT2D eigenvalue weighted by Crippen LogP contribution is 2.54. The van der Waals surface area contributed by atoms with Gasteiger partial charge in [0.25, 0.3) is 5.91 Å². The second-order valence-electron chi connectivity index (χ2n) is 18.9. The van der Waals surface area contributed by atoms with Crippen molar-refractivity contribution in [3.8, 4) is 17.2 Å². The summed E-state index contributed by atoms with van der Waals surface area (Å²) in [5.74, 6) is -1.05. The largest absolute Gasteiger partial charge is 0.376 e. The van der Waals surface area contributed by atoms with Crippen LogP contribution in [-0.4, -0.2) is 68.2 Å². The van der Waals surface area contributed by atoms with E-state index in [0.29, 0.717) is 71.7 Å². The van der Waals surface area contributed by atoms with Gasteiger partial charge in [0.05, 0.1) is 45.8 Å². The first-order valence-electron chi connectivity index (χ1n) is 21.8. The fourth-order valence-corrected chi connectivity index (χ4v) is 11.3. The first kappa shape index (κ1) is 39.5. The number of benzene rings is 3. The van der Waals surface area contributed by atoms with Crippen LogP contribution in [0, 0.1) is 31.4 Å². The molecule has 63 heavy (non-hydrogen) atoms. The van der Waals surface area contributed by atoms with Gasteiger partial charge in [-0.05, 0) is 131 Å². The number of imidazole rings is 1. The van der Waals surface area contributed by atoms with Crippen LogP contribution in [-0.2, 0) is 28.5 Å². The summed E-state index contributed by atoms with van der Waals surface area (Å²) in [6.45, 7) is 10.2. The molecule has 3 aromatic carbocycles. The summed E-state index contributed by atoms with van der Waals surface area (Å²) in [6.07, 6.45) is 8.48. The van der Waals surface area contributed by atoms with Crippen molar-refractivity contribution in [1.82, 2.24) is 38.2 Å². The minimum atomic E-state index is -1.06. The Balaban J connectivity index is 1.06. The fraction of sp³-hybridized carbons (Fsp3) is 0.396. The normalized spacial score (nSPS) is 23.8. The Morgan fingerprint density at radius 3 is 2.37 bits per heavy atom. The Hall–Kier alpha value is -6.35. The summed E-state index contributed by atoms with van der Waals surface area (Å²) in [4.78, 5) is 45.6. The van der Waals surface area contributed by atoms with Crippen molar-refractivity contribution >= 4 is 33.6 Å².